The number of pyridine rings is 1. The zero-order chi connectivity index (χ0) is 38.2. The van der Waals surface area contributed by atoms with E-state index >= 15 is 0 Å². The van der Waals surface area contributed by atoms with E-state index in [4.69, 9.17) is 14.4 Å². The second-order valence-corrected chi connectivity index (χ2v) is 15.1. The largest absolute Gasteiger partial charge is 0.456 e. The third kappa shape index (κ3) is 4.79. The van der Waals surface area contributed by atoms with Gasteiger partial charge in [0, 0.05) is 39.9 Å². The molecule has 7 aromatic carbocycles. The average molecular weight is 740 g/mol. The van der Waals surface area contributed by atoms with Crippen LogP contribution in [-0.4, -0.2) is 15.0 Å². The molecular weight excluding hydrogens is 707 g/mol. The molecule has 58 heavy (non-hydrogen) atoms. The van der Waals surface area contributed by atoms with Gasteiger partial charge < -0.3 is 4.42 Å². The van der Waals surface area contributed by atoms with Gasteiger partial charge >= 0.3 is 0 Å². The summed E-state index contributed by atoms with van der Waals surface area (Å²) < 4.78 is 6.50. The Morgan fingerprint density at radius 2 is 1.10 bits per heavy atom. The van der Waals surface area contributed by atoms with Crippen LogP contribution in [0.4, 0.5) is 0 Å². The first-order chi connectivity index (χ1) is 28.7. The highest BCUT2D eigenvalue weighted by Gasteiger charge is 2.49. The summed E-state index contributed by atoms with van der Waals surface area (Å²) in [5, 5.41) is 2.28. The number of rotatable bonds is 4. The molecule has 2 aliphatic rings. The maximum absolute atomic E-state index is 6.50. The van der Waals surface area contributed by atoms with Crippen LogP contribution in [0.1, 0.15) is 33.4 Å². The first-order valence-electron chi connectivity index (χ1n) is 19.7. The van der Waals surface area contributed by atoms with Crippen molar-refractivity contribution in [2.24, 2.45) is 0 Å². The summed E-state index contributed by atoms with van der Waals surface area (Å²) in [5.41, 5.74) is 17.8. The number of hydrogen-bond donors (Lipinski definition) is 0. The summed E-state index contributed by atoms with van der Waals surface area (Å²) in [6.07, 6.45) is 8.24. The Kier molecular flexibility index (Phi) is 7.11. The topological polar surface area (TPSA) is 51.8 Å². The van der Waals surface area contributed by atoms with Crippen molar-refractivity contribution in [1.29, 1.82) is 0 Å². The predicted molar refractivity (Wildman–Crippen MR) is 235 cm³/mol. The molecule has 12 rings (SSSR count). The second-order valence-electron chi connectivity index (χ2n) is 15.1. The van der Waals surface area contributed by atoms with Crippen LogP contribution in [0.25, 0.3) is 90.2 Å². The molecule has 2 aliphatic carbocycles. The molecule has 3 heterocycles. The smallest absolute Gasteiger partial charge is 0.160 e. The van der Waals surface area contributed by atoms with Gasteiger partial charge in [0.05, 0.1) is 16.8 Å². The molecule has 0 saturated carbocycles. The van der Waals surface area contributed by atoms with Gasteiger partial charge in [-0.05, 0) is 86.0 Å². The van der Waals surface area contributed by atoms with Crippen molar-refractivity contribution in [3.8, 4) is 56.2 Å². The van der Waals surface area contributed by atoms with Crippen LogP contribution in [-0.2, 0) is 5.41 Å². The molecule has 0 aliphatic heterocycles. The Labute approximate surface area is 335 Å². The average Bonchev–Trinajstić information content (AvgIpc) is 3.77. The molecule has 0 amide bonds. The van der Waals surface area contributed by atoms with Gasteiger partial charge in [-0.25, -0.2) is 9.97 Å². The van der Waals surface area contributed by atoms with Crippen molar-refractivity contribution in [2.75, 3.05) is 0 Å². The first-order valence-corrected chi connectivity index (χ1v) is 19.7. The van der Waals surface area contributed by atoms with Crippen molar-refractivity contribution < 1.29 is 4.42 Å². The van der Waals surface area contributed by atoms with E-state index in [1.54, 1.807) is 6.20 Å². The maximum atomic E-state index is 6.50. The second kappa shape index (κ2) is 12.7. The summed E-state index contributed by atoms with van der Waals surface area (Å²) in [4.78, 5) is 15.0. The van der Waals surface area contributed by atoms with Gasteiger partial charge in [0.2, 0.25) is 0 Å². The Hall–Kier alpha value is -7.69. The summed E-state index contributed by atoms with van der Waals surface area (Å²) >= 11 is 0. The van der Waals surface area contributed by atoms with Gasteiger partial charge in [-0.3, -0.25) is 4.98 Å². The highest BCUT2D eigenvalue weighted by atomic mass is 16.3. The number of para-hydroxylation sites is 1. The normalized spacial score (nSPS) is 14.9. The van der Waals surface area contributed by atoms with Crippen molar-refractivity contribution in [3.05, 3.63) is 222 Å². The molecule has 1 unspecified atom stereocenters. The molecule has 0 fully saturated rings. The van der Waals surface area contributed by atoms with Gasteiger partial charge in [0.25, 0.3) is 0 Å². The van der Waals surface area contributed by atoms with E-state index in [1.807, 2.05) is 24.4 Å². The monoisotopic (exact) mass is 739 g/mol. The van der Waals surface area contributed by atoms with Gasteiger partial charge in [-0.2, -0.15) is 0 Å². The van der Waals surface area contributed by atoms with E-state index in [0.29, 0.717) is 5.82 Å². The van der Waals surface area contributed by atoms with Gasteiger partial charge in [0.15, 0.2) is 5.82 Å². The molecule has 4 nitrogen and oxygen atoms in total. The summed E-state index contributed by atoms with van der Waals surface area (Å²) in [7, 11) is 0. The van der Waals surface area contributed by atoms with Crippen molar-refractivity contribution in [3.63, 3.8) is 0 Å². The van der Waals surface area contributed by atoms with E-state index in [1.165, 1.54) is 38.9 Å². The Balaban J connectivity index is 1.12. The minimum Gasteiger partial charge on any atom is -0.456 e. The molecule has 1 atom stereocenters. The lowest BCUT2D eigenvalue weighted by atomic mass is 9.65. The molecule has 4 heteroatoms. The van der Waals surface area contributed by atoms with E-state index in [2.05, 4.69) is 175 Å². The lowest BCUT2D eigenvalue weighted by Gasteiger charge is -2.35. The molecule has 0 saturated heterocycles. The fraction of sp³-hybridized carbons (Fsp3) is 0.0185. The van der Waals surface area contributed by atoms with Gasteiger partial charge in [-0.1, -0.05) is 158 Å². The summed E-state index contributed by atoms with van der Waals surface area (Å²) in [6, 6.07) is 62.6. The van der Waals surface area contributed by atoms with Crippen molar-refractivity contribution >= 4 is 34.1 Å². The molecular formula is C54H33N3O. The Morgan fingerprint density at radius 1 is 0.431 bits per heavy atom. The lowest BCUT2D eigenvalue weighted by molar-refractivity contribution is 0.668. The standard InChI is InChI=1S/C54H33N3O/c1-2-12-37(13-3-1)47-32-48(38-25-20-34(21-26-38)40-14-10-30-55-33-40)57-53(56-47)39-27-24-36-23-22-35-11-4-7-17-43(35)54(46(36)31-39)44-18-8-5-15-41(44)51-45(54)28-29-50-52(51)42-16-6-9-19-49(42)58-50/h1-33H. The van der Waals surface area contributed by atoms with E-state index in [9.17, 15) is 0 Å². The summed E-state index contributed by atoms with van der Waals surface area (Å²) in [5.74, 6) is 0.676. The minimum absolute atomic E-state index is 0.633. The quantitative estimate of drug-likeness (QED) is 0.180. The maximum Gasteiger partial charge on any atom is 0.160 e. The SMILES string of the molecule is C1=Cc2ccc(-c3nc(-c4ccccc4)cc(-c4ccc(-c5cccnc5)cc4)n3)cc2C2(c3ccccc31)c1ccccc1-c1c2ccc2oc3ccccc3c12. The Morgan fingerprint density at radius 3 is 1.93 bits per heavy atom. The van der Waals surface area contributed by atoms with Crippen LogP contribution in [0.3, 0.4) is 0 Å². The molecule has 3 aromatic heterocycles. The minimum atomic E-state index is -0.633. The zero-order valence-electron chi connectivity index (χ0n) is 31.3. The molecule has 1 spiro atoms. The third-order valence-corrected chi connectivity index (χ3v) is 12.0. The van der Waals surface area contributed by atoms with E-state index < -0.39 is 5.41 Å². The number of aromatic nitrogens is 3. The van der Waals surface area contributed by atoms with Crippen LogP contribution in [0, 0.1) is 0 Å². The Bertz CT molecular complexity index is 3270. The van der Waals surface area contributed by atoms with Gasteiger partial charge in [-0.15, -0.1) is 0 Å². The molecule has 270 valence electrons. The number of benzene rings is 7. The van der Waals surface area contributed by atoms with Crippen LogP contribution in [0.2, 0.25) is 0 Å². The van der Waals surface area contributed by atoms with Crippen LogP contribution < -0.4 is 0 Å². The molecule has 0 N–H and O–H groups in total. The summed E-state index contributed by atoms with van der Waals surface area (Å²) in [6.45, 7) is 0. The number of fused-ring (bicyclic) bond motifs is 13. The highest BCUT2D eigenvalue weighted by molar-refractivity contribution is 6.15. The van der Waals surface area contributed by atoms with Crippen molar-refractivity contribution in [2.45, 2.75) is 5.41 Å². The molecule has 0 radical (unpaired) electrons. The van der Waals surface area contributed by atoms with Crippen molar-refractivity contribution in [1.82, 2.24) is 15.0 Å². The number of hydrogen-bond acceptors (Lipinski definition) is 4. The number of nitrogens with zero attached hydrogens (tertiary/aromatic N) is 3. The molecule has 10 aromatic rings. The first kappa shape index (κ1) is 32.5. The predicted octanol–water partition coefficient (Wildman–Crippen LogP) is 13.3. The third-order valence-electron chi connectivity index (χ3n) is 12.0. The van der Waals surface area contributed by atoms with E-state index in [-0.39, 0.29) is 0 Å². The van der Waals surface area contributed by atoms with Crippen LogP contribution >= 0.6 is 0 Å². The van der Waals surface area contributed by atoms with Crippen LogP contribution in [0.15, 0.2) is 193 Å². The highest BCUT2D eigenvalue weighted by Crippen LogP contribution is 2.61. The lowest BCUT2D eigenvalue weighted by Crippen LogP contribution is -2.30. The van der Waals surface area contributed by atoms with Crippen LogP contribution in [0.5, 0.6) is 0 Å². The van der Waals surface area contributed by atoms with E-state index in [0.717, 1.165) is 66.7 Å². The number of furan rings is 1. The fourth-order valence-corrected chi connectivity index (χ4v) is 9.48. The zero-order valence-corrected chi connectivity index (χ0v) is 31.3. The molecule has 0 bridgehead atoms. The van der Waals surface area contributed by atoms with Gasteiger partial charge in [0.1, 0.15) is 11.2 Å². The fourth-order valence-electron chi connectivity index (χ4n) is 9.48.